The van der Waals surface area contributed by atoms with Crippen molar-refractivity contribution < 1.29 is 9.53 Å². The predicted molar refractivity (Wildman–Crippen MR) is 119 cm³/mol. The van der Waals surface area contributed by atoms with Crippen LogP contribution in [0.4, 0.5) is 0 Å². The molecule has 6 nitrogen and oxygen atoms in total. The number of aryl methyl sites for hydroxylation is 1. The van der Waals surface area contributed by atoms with Crippen molar-refractivity contribution >= 4 is 12.0 Å². The van der Waals surface area contributed by atoms with Gasteiger partial charge in [-0.25, -0.2) is 0 Å². The largest absolute Gasteiger partial charge is 0.381 e. The highest BCUT2D eigenvalue weighted by atomic mass is 16.5. The molecule has 1 aromatic heterocycles. The van der Waals surface area contributed by atoms with Crippen molar-refractivity contribution in [3.63, 3.8) is 0 Å². The molecule has 30 heavy (non-hydrogen) atoms. The molecular formula is C24H36N4O2. The third-order valence-electron chi connectivity index (χ3n) is 7.08. The summed E-state index contributed by atoms with van der Waals surface area (Å²) in [6.07, 6.45) is 9.78. The van der Waals surface area contributed by atoms with E-state index >= 15 is 0 Å². The minimum Gasteiger partial charge on any atom is -0.381 e. The molecule has 6 heteroatoms. The Kier molecular flexibility index (Phi) is 7.38. The van der Waals surface area contributed by atoms with Crippen molar-refractivity contribution in [2.24, 2.45) is 0 Å². The van der Waals surface area contributed by atoms with E-state index in [1.807, 2.05) is 14.1 Å². The van der Waals surface area contributed by atoms with Crippen LogP contribution in [0.1, 0.15) is 67.9 Å². The lowest BCUT2D eigenvalue weighted by Crippen LogP contribution is -2.55. The fourth-order valence-corrected chi connectivity index (χ4v) is 5.03. The van der Waals surface area contributed by atoms with Crippen LogP contribution in [0.2, 0.25) is 0 Å². The summed E-state index contributed by atoms with van der Waals surface area (Å²) in [7, 11) is 4.08. The molecule has 1 N–H and O–H groups in total. The summed E-state index contributed by atoms with van der Waals surface area (Å²) in [5.74, 6) is -0.298. The van der Waals surface area contributed by atoms with E-state index in [4.69, 9.17) is 4.74 Å². The molecule has 2 heterocycles. The molecule has 1 saturated carbocycles. The third-order valence-corrected chi connectivity index (χ3v) is 7.08. The zero-order chi connectivity index (χ0) is 21.7. The molecule has 0 radical (unpaired) electrons. The number of ether oxygens (including phenoxy) is 1. The number of likely N-dealkylation sites (N-methyl/N-ethyl adjacent to an activating group) is 1. The second-order valence-corrected chi connectivity index (χ2v) is 9.07. The van der Waals surface area contributed by atoms with Crippen LogP contribution in [-0.2, 0) is 9.53 Å². The lowest BCUT2D eigenvalue weighted by atomic mass is 9.88. The molecular weight excluding hydrogens is 376 g/mol. The van der Waals surface area contributed by atoms with E-state index in [1.165, 1.54) is 37.8 Å². The van der Waals surface area contributed by atoms with Crippen LogP contribution in [0.3, 0.4) is 0 Å². The summed E-state index contributed by atoms with van der Waals surface area (Å²) < 4.78 is 7.90. The van der Waals surface area contributed by atoms with E-state index in [0.29, 0.717) is 25.8 Å². The molecule has 1 aliphatic carbocycles. The molecule has 1 aromatic rings. The van der Waals surface area contributed by atoms with Gasteiger partial charge in [-0.3, -0.25) is 4.79 Å². The Balaban J connectivity index is 1.75. The Morgan fingerprint density at radius 3 is 2.57 bits per heavy atom. The SMILES string of the molecule is Cc1cc(/C=C(\C#N)C(=O)NCC2(N(C)C)CCOCC2)c(C)n1C1CCCCC1. The van der Waals surface area contributed by atoms with E-state index in [-0.39, 0.29) is 17.0 Å². The van der Waals surface area contributed by atoms with Gasteiger partial charge in [0.15, 0.2) is 0 Å². The van der Waals surface area contributed by atoms with Crippen LogP contribution in [0.15, 0.2) is 11.6 Å². The first kappa shape index (κ1) is 22.6. The second kappa shape index (κ2) is 9.80. The molecule has 1 saturated heterocycles. The van der Waals surface area contributed by atoms with Crippen molar-refractivity contribution in [1.29, 1.82) is 5.26 Å². The molecule has 0 aromatic carbocycles. The second-order valence-electron chi connectivity index (χ2n) is 9.07. The number of nitriles is 1. The van der Waals surface area contributed by atoms with Gasteiger partial charge in [0.25, 0.3) is 5.91 Å². The molecule has 0 bridgehead atoms. The zero-order valence-electron chi connectivity index (χ0n) is 19.0. The van der Waals surface area contributed by atoms with Crippen molar-refractivity contribution in [1.82, 2.24) is 14.8 Å². The van der Waals surface area contributed by atoms with Gasteiger partial charge in [0.05, 0.1) is 0 Å². The first-order valence-corrected chi connectivity index (χ1v) is 11.2. The molecule has 2 aliphatic rings. The molecule has 0 spiro atoms. The van der Waals surface area contributed by atoms with Crippen LogP contribution >= 0.6 is 0 Å². The van der Waals surface area contributed by atoms with E-state index in [9.17, 15) is 10.1 Å². The number of hydrogen-bond acceptors (Lipinski definition) is 4. The topological polar surface area (TPSA) is 70.3 Å². The maximum absolute atomic E-state index is 12.8. The number of hydrogen-bond donors (Lipinski definition) is 1. The average molecular weight is 413 g/mol. The molecule has 1 aliphatic heterocycles. The van der Waals surface area contributed by atoms with Gasteiger partial charge < -0.3 is 19.5 Å². The molecule has 0 atom stereocenters. The summed E-state index contributed by atoms with van der Waals surface area (Å²) in [4.78, 5) is 15.0. The van der Waals surface area contributed by atoms with E-state index in [2.05, 4.69) is 40.8 Å². The highest BCUT2D eigenvalue weighted by Gasteiger charge is 2.35. The van der Waals surface area contributed by atoms with Crippen molar-refractivity contribution in [3.8, 4) is 6.07 Å². The summed E-state index contributed by atoms with van der Waals surface area (Å²) in [6, 6.07) is 4.76. The number of amides is 1. The third kappa shape index (κ3) is 4.79. The van der Waals surface area contributed by atoms with E-state index in [1.54, 1.807) is 6.08 Å². The van der Waals surface area contributed by atoms with Crippen molar-refractivity contribution in [2.45, 2.75) is 70.4 Å². The van der Waals surface area contributed by atoms with Gasteiger partial charge in [-0.15, -0.1) is 0 Å². The Morgan fingerprint density at radius 1 is 1.30 bits per heavy atom. The maximum atomic E-state index is 12.8. The Bertz CT molecular complexity index is 819. The van der Waals surface area contributed by atoms with Gasteiger partial charge in [-0.05, 0) is 71.3 Å². The van der Waals surface area contributed by atoms with Gasteiger partial charge >= 0.3 is 0 Å². The minimum absolute atomic E-state index is 0.120. The summed E-state index contributed by atoms with van der Waals surface area (Å²) in [6.45, 7) is 6.13. The number of nitrogens with one attached hydrogen (secondary N) is 1. The van der Waals surface area contributed by atoms with E-state index in [0.717, 1.165) is 24.1 Å². The van der Waals surface area contributed by atoms with Gasteiger partial charge in [-0.2, -0.15) is 5.26 Å². The quantitative estimate of drug-likeness (QED) is 0.571. The van der Waals surface area contributed by atoms with Gasteiger partial charge in [0.1, 0.15) is 11.6 Å². The summed E-state index contributed by atoms with van der Waals surface area (Å²) in [5, 5.41) is 12.7. The van der Waals surface area contributed by atoms with Gasteiger partial charge in [0.2, 0.25) is 0 Å². The lowest BCUT2D eigenvalue weighted by molar-refractivity contribution is -0.118. The number of aromatic nitrogens is 1. The van der Waals surface area contributed by atoms with Crippen LogP contribution in [0, 0.1) is 25.2 Å². The first-order chi connectivity index (χ1) is 14.4. The van der Waals surface area contributed by atoms with Crippen LogP contribution in [-0.4, -0.2) is 54.8 Å². The Hall–Kier alpha value is -2.10. The van der Waals surface area contributed by atoms with Gasteiger partial charge in [0, 0.05) is 42.7 Å². The van der Waals surface area contributed by atoms with Crippen molar-refractivity contribution in [3.05, 3.63) is 28.6 Å². The Labute approximate surface area is 180 Å². The van der Waals surface area contributed by atoms with Gasteiger partial charge in [-0.1, -0.05) is 19.3 Å². The lowest BCUT2D eigenvalue weighted by Gasteiger charge is -2.42. The average Bonchev–Trinajstić information content (AvgIpc) is 3.04. The molecule has 3 rings (SSSR count). The predicted octanol–water partition coefficient (Wildman–Crippen LogP) is 3.74. The number of carbonyl (C=O) groups excluding carboxylic acids is 1. The van der Waals surface area contributed by atoms with E-state index < -0.39 is 0 Å². The number of rotatable bonds is 6. The highest BCUT2D eigenvalue weighted by molar-refractivity contribution is 6.01. The fourth-order valence-electron chi connectivity index (χ4n) is 5.03. The fraction of sp³-hybridized carbons (Fsp3) is 0.667. The van der Waals surface area contributed by atoms with Crippen LogP contribution < -0.4 is 5.32 Å². The molecule has 1 amide bonds. The molecule has 2 fully saturated rings. The normalized spacial score (nSPS) is 20.2. The highest BCUT2D eigenvalue weighted by Crippen LogP contribution is 2.32. The standard InChI is InChI=1S/C24H36N4O2/c1-18-14-20(19(2)28(18)22-8-6-5-7-9-22)15-21(16-25)23(29)26-17-24(27(3)4)10-12-30-13-11-24/h14-15,22H,5-13,17H2,1-4H3,(H,26,29)/b21-15+. The zero-order valence-corrected chi connectivity index (χ0v) is 19.0. The van der Waals surface area contributed by atoms with Crippen LogP contribution in [0.5, 0.6) is 0 Å². The summed E-state index contributed by atoms with van der Waals surface area (Å²) >= 11 is 0. The minimum atomic E-state index is -0.298. The monoisotopic (exact) mass is 412 g/mol. The Morgan fingerprint density at radius 2 is 1.97 bits per heavy atom. The molecule has 0 unspecified atom stereocenters. The number of nitrogens with zero attached hydrogens (tertiary/aromatic N) is 3. The summed E-state index contributed by atoms with van der Waals surface area (Å²) in [5.41, 5.74) is 3.37. The van der Waals surface area contributed by atoms with Crippen molar-refractivity contribution in [2.75, 3.05) is 33.9 Å². The first-order valence-electron chi connectivity index (χ1n) is 11.2. The molecule has 164 valence electrons. The maximum Gasteiger partial charge on any atom is 0.262 e. The number of carbonyl (C=O) groups is 1. The van der Waals surface area contributed by atoms with Crippen LogP contribution in [0.25, 0.3) is 6.08 Å². The smallest absolute Gasteiger partial charge is 0.262 e.